The minimum atomic E-state index is 0. The molecule has 12 heavy (non-hydrogen) atoms. The maximum Gasteiger partial charge on any atom is 1.00 e. The SMILES string of the molecule is CC[N+](CC)(CC)CC.O.[H-].[H-].[Na+].[Na+]. The number of quaternary nitrogens is 1. The Labute approximate surface area is 125 Å². The molecule has 0 amide bonds. The molecule has 0 fully saturated rings. The molecule has 0 unspecified atom stereocenters. The Kier molecular flexibility index (Phi) is 25.4. The maximum atomic E-state index is 2.27. The summed E-state index contributed by atoms with van der Waals surface area (Å²) in [6.07, 6.45) is 0. The van der Waals surface area contributed by atoms with Crippen molar-refractivity contribution in [3.05, 3.63) is 0 Å². The summed E-state index contributed by atoms with van der Waals surface area (Å²) in [5, 5.41) is 0. The molecular weight excluding hydrogens is 172 g/mol. The zero-order chi connectivity index (χ0) is 7.33. The van der Waals surface area contributed by atoms with Gasteiger partial charge in [0.05, 0.1) is 26.2 Å². The van der Waals surface area contributed by atoms with Crippen LogP contribution in [0.25, 0.3) is 0 Å². The van der Waals surface area contributed by atoms with Gasteiger partial charge in [0, 0.05) is 0 Å². The summed E-state index contributed by atoms with van der Waals surface area (Å²) in [7, 11) is 0. The van der Waals surface area contributed by atoms with Crippen LogP contribution in [0.3, 0.4) is 0 Å². The van der Waals surface area contributed by atoms with Gasteiger partial charge in [0.2, 0.25) is 0 Å². The minimum absolute atomic E-state index is 0. The predicted molar refractivity (Wildman–Crippen MR) is 48.3 cm³/mol. The summed E-state index contributed by atoms with van der Waals surface area (Å²) in [5.74, 6) is 0. The summed E-state index contributed by atoms with van der Waals surface area (Å²) in [6, 6.07) is 0. The Morgan fingerprint density at radius 2 is 0.917 bits per heavy atom. The van der Waals surface area contributed by atoms with Crippen LogP contribution in [0, 0.1) is 0 Å². The smallest absolute Gasteiger partial charge is 1.00 e. The van der Waals surface area contributed by atoms with Crippen LogP contribution in [0.1, 0.15) is 30.5 Å². The third-order valence-corrected chi connectivity index (χ3v) is 2.68. The van der Waals surface area contributed by atoms with Crippen molar-refractivity contribution in [1.29, 1.82) is 0 Å². The molecule has 0 radical (unpaired) electrons. The number of hydrogen-bond donors (Lipinski definition) is 0. The van der Waals surface area contributed by atoms with E-state index >= 15 is 0 Å². The second kappa shape index (κ2) is 12.9. The second-order valence-corrected chi connectivity index (χ2v) is 2.61. The summed E-state index contributed by atoms with van der Waals surface area (Å²) in [4.78, 5) is 0. The van der Waals surface area contributed by atoms with Crippen LogP contribution < -0.4 is 59.1 Å². The zero-order valence-electron chi connectivity index (χ0n) is 11.8. The van der Waals surface area contributed by atoms with Gasteiger partial charge < -0.3 is 12.8 Å². The second-order valence-electron chi connectivity index (χ2n) is 2.61. The quantitative estimate of drug-likeness (QED) is 0.320. The average molecular weight is 196 g/mol. The molecule has 0 atom stereocenters. The first-order valence-electron chi connectivity index (χ1n) is 4.09. The largest absolute Gasteiger partial charge is 1.00 e. The molecule has 4 heteroatoms. The number of nitrogens with zero attached hydrogens (tertiary/aromatic N) is 1. The van der Waals surface area contributed by atoms with Crippen LogP contribution in [0.5, 0.6) is 0 Å². The molecular formula is C8H24NNa2O+. The van der Waals surface area contributed by atoms with E-state index in [2.05, 4.69) is 27.7 Å². The summed E-state index contributed by atoms with van der Waals surface area (Å²) in [5.41, 5.74) is 0. The van der Waals surface area contributed by atoms with Crippen molar-refractivity contribution in [2.45, 2.75) is 27.7 Å². The van der Waals surface area contributed by atoms with E-state index in [0.717, 1.165) is 0 Å². The number of rotatable bonds is 4. The fraction of sp³-hybridized carbons (Fsp3) is 1.00. The first-order valence-corrected chi connectivity index (χ1v) is 4.09. The number of hydrogen-bond acceptors (Lipinski definition) is 0. The van der Waals surface area contributed by atoms with Gasteiger partial charge in [-0.1, -0.05) is 0 Å². The Hall–Kier alpha value is 1.92. The van der Waals surface area contributed by atoms with Gasteiger partial charge >= 0.3 is 59.1 Å². The van der Waals surface area contributed by atoms with Crippen LogP contribution in [-0.2, 0) is 0 Å². The van der Waals surface area contributed by atoms with Gasteiger partial charge in [-0.3, -0.25) is 0 Å². The van der Waals surface area contributed by atoms with E-state index < -0.39 is 0 Å². The molecule has 2 N–H and O–H groups in total. The Balaban J connectivity index is -0.0000000320. The van der Waals surface area contributed by atoms with Crippen molar-refractivity contribution < 1.29 is 71.9 Å². The van der Waals surface area contributed by atoms with Crippen LogP contribution in [0.15, 0.2) is 0 Å². The fourth-order valence-electron chi connectivity index (χ4n) is 1.34. The summed E-state index contributed by atoms with van der Waals surface area (Å²) < 4.78 is 1.28. The minimum Gasteiger partial charge on any atom is -1.00 e. The van der Waals surface area contributed by atoms with Gasteiger partial charge in [-0.15, -0.1) is 0 Å². The van der Waals surface area contributed by atoms with Crippen molar-refractivity contribution in [3.63, 3.8) is 0 Å². The van der Waals surface area contributed by atoms with Gasteiger partial charge in [-0.05, 0) is 27.7 Å². The third kappa shape index (κ3) is 7.34. The standard InChI is InChI=1S/C8H20N.2Na.H2O.2H/c1-5-9(6-2,7-3)8-4;;;;;/h5-8H2,1-4H3;;;1H2;;/q3*+1;;2*-1. The molecule has 0 spiro atoms. The van der Waals surface area contributed by atoms with Gasteiger partial charge in [-0.2, -0.15) is 0 Å². The molecule has 0 bridgehead atoms. The molecule has 0 heterocycles. The van der Waals surface area contributed by atoms with Gasteiger partial charge in [0.15, 0.2) is 0 Å². The van der Waals surface area contributed by atoms with E-state index in [9.17, 15) is 0 Å². The van der Waals surface area contributed by atoms with E-state index in [-0.39, 0.29) is 67.4 Å². The molecule has 0 aromatic heterocycles. The molecule has 0 aromatic rings. The molecule has 0 aliphatic carbocycles. The first-order chi connectivity index (χ1) is 4.24. The summed E-state index contributed by atoms with van der Waals surface area (Å²) in [6.45, 7) is 14.2. The average Bonchev–Trinajstić information content (AvgIpc) is 1.95. The molecule has 2 nitrogen and oxygen atoms in total. The maximum absolute atomic E-state index is 2.27. The van der Waals surface area contributed by atoms with Crippen molar-refractivity contribution in [2.75, 3.05) is 26.2 Å². The summed E-state index contributed by atoms with van der Waals surface area (Å²) >= 11 is 0. The van der Waals surface area contributed by atoms with Crippen LogP contribution in [-0.4, -0.2) is 36.1 Å². The van der Waals surface area contributed by atoms with Crippen LogP contribution >= 0.6 is 0 Å². The van der Waals surface area contributed by atoms with E-state index in [1.165, 1.54) is 30.7 Å². The fourth-order valence-corrected chi connectivity index (χ4v) is 1.34. The molecule has 0 aliphatic rings. The Morgan fingerprint density at radius 3 is 0.917 bits per heavy atom. The van der Waals surface area contributed by atoms with Crippen LogP contribution in [0.4, 0.5) is 0 Å². The van der Waals surface area contributed by atoms with Crippen molar-refractivity contribution in [2.24, 2.45) is 0 Å². The third-order valence-electron chi connectivity index (χ3n) is 2.68. The normalized spacial score (nSPS) is 9.00. The van der Waals surface area contributed by atoms with E-state index in [1.54, 1.807) is 0 Å². The topological polar surface area (TPSA) is 31.5 Å². The van der Waals surface area contributed by atoms with E-state index in [4.69, 9.17) is 0 Å². The van der Waals surface area contributed by atoms with E-state index in [1.807, 2.05) is 0 Å². The van der Waals surface area contributed by atoms with Gasteiger partial charge in [0.25, 0.3) is 0 Å². The molecule has 0 aliphatic heterocycles. The Bertz CT molecular complexity index is 68.2. The molecule has 0 rings (SSSR count). The van der Waals surface area contributed by atoms with Crippen LogP contribution in [0.2, 0.25) is 0 Å². The monoisotopic (exact) mass is 196 g/mol. The zero-order valence-corrected chi connectivity index (χ0v) is 13.8. The predicted octanol–water partition coefficient (Wildman–Crippen LogP) is -4.71. The van der Waals surface area contributed by atoms with Crippen molar-refractivity contribution in [1.82, 2.24) is 0 Å². The molecule has 0 aromatic carbocycles. The molecule has 68 valence electrons. The van der Waals surface area contributed by atoms with Crippen molar-refractivity contribution >= 4 is 0 Å². The van der Waals surface area contributed by atoms with E-state index in [0.29, 0.717) is 0 Å². The van der Waals surface area contributed by atoms with Crippen molar-refractivity contribution in [3.8, 4) is 0 Å². The van der Waals surface area contributed by atoms with Gasteiger partial charge in [-0.25, -0.2) is 0 Å². The molecule has 0 saturated carbocycles. The Morgan fingerprint density at radius 1 is 0.750 bits per heavy atom. The van der Waals surface area contributed by atoms with Gasteiger partial charge in [0.1, 0.15) is 0 Å². The first kappa shape index (κ1) is 23.6. The molecule has 0 saturated heterocycles.